The van der Waals surface area contributed by atoms with Gasteiger partial charge >= 0.3 is 0 Å². The molecule has 19 heavy (non-hydrogen) atoms. The summed E-state index contributed by atoms with van der Waals surface area (Å²) in [6, 6.07) is 6.25. The van der Waals surface area contributed by atoms with Crippen LogP contribution in [-0.2, 0) is 0 Å². The SMILES string of the molecule is C=CCN1C2=NCCCN2c2cc(OCC)ccc21. The maximum absolute atomic E-state index is 5.60. The van der Waals surface area contributed by atoms with Crippen LogP contribution in [0.5, 0.6) is 5.75 Å². The zero-order valence-electron chi connectivity index (χ0n) is 11.3. The smallest absolute Gasteiger partial charge is 0.206 e. The summed E-state index contributed by atoms with van der Waals surface area (Å²) in [5, 5.41) is 0. The van der Waals surface area contributed by atoms with Gasteiger partial charge in [-0.3, -0.25) is 4.99 Å². The predicted octanol–water partition coefficient (Wildman–Crippen LogP) is 2.66. The molecule has 0 fully saturated rings. The zero-order chi connectivity index (χ0) is 13.2. The first-order valence-electron chi connectivity index (χ1n) is 6.82. The largest absolute Gasteiger partial charge is 0.494 e. The molecule has 0 spiro atoms. The fourth-order valence-electron chi connectivity index (χ4n) is 2.67. The van der Waals surface area contributed by atoms with Gasteiger partial charge in [0.15, 0.2) is 0 Å². The van der Waals surface area contributed by atoms with E-state index >= 15 is 0 Å². The van der Waals surface area contributed by atoms with Gasteiger partial charge < -0.3 is 14.5 Å². The van der Waals surface area contributed by atoms with Gasteiger partial charge in [-0.05, 0) is 25.5 Å². The molecule has 0 unspecified atom stereocenters. The van der Waals surface area contributed by atoms with E-state index in [1.165, 1.54) is 11.4 Å². The summed E-state index contributed by atoms with van der Waals surface area (Å²) in [6.07, 6.45) is 3.02. The maximum Gasteiger partial charge on any atom is 0.206 e. The molecule has 4 nitrogen and oxygen atoms in total. The van der Waals surface area contributed by atoms with E-state index in [0.717, 1.165) is 37.8 Å². The lowest BCUT2D eigenvalue weighted by Crippen LogP contribution is -2.41. The Hall–Kier alpha value is -1.97. The molecule has 0 saturated heterocycles. The number of guanidine groups is 1. The highest BCUT2D eigenvalue weighted by molar-refractivity contribution is 6.16. The van der Waals surface area contributed by atoms with E-state index in [1.54, 1.807) is 0 Å². The van der Waals surface area contributed by atoms with Crippen molar-refractivity contribution in [1.29, 1.82) is 0 Å². The first-order chi connectivity index (χ1) is 9.35. The number of fused-ring (bicyclic) bond motifs is 3. The third-order valence-electron chi connectivity index (χ3n) is 3.43. The van der Waals surface area contributed by atoms with Crippen molar-refractivity contribution in [3.63, 3.8) is 0 Å². The van der Waals surface area contributed by atoms with Crippen LogP contribution in [0.4, 0.5) is 11.4 Å². The molecule has 2 heterocycles. The first-order valence-corrected chi connectivity index (χ1v) is 6.82. The third kappa shape index (κ3) is 1.97. The van der Waals surface area contributed by atoms with E-state index in [4.69, 9.17) is 4.74 Å². The Kier molecular flexibility index (Phi) is 3.15. The number of aliphatic imine (C=N–C) groups is 1. The van der Waals surface area contributed by atoms with E-state index < -0.39 is 0 Å². The van der Waals surface area contributed by atoms with Crippen molar-refractivity contribution in [2.75, 3.05) is 36.0 Å². The Labute approximate surface area is 114 Å². The summed E-state index contributed by atoms with van der Waals surface area (Å²) in [5.41, 5.74) is 2.40. The fraction of sp³-hybridized carbons (Fsp3) is 0.400. The van der Waals surface area contributed by atoms with E-state index in [-0.39, 0.29) is 0 Å². The molecule has 0 radical (unpaired) electrons. The lowest BCUT2D eigenvalue weighted by atomic mass is 10.2. The van der Waals surface area contributed by atoms with E-state index in [9.17, 15) is 0 Å². The summed E-state index contributed by atoms with van der Waals surface area (Å²) in [7, 11) is 0. The van der Waals surface area contributed by atoms with Crippen molar-refractivity contribution < 1.29 is 4.74 Å². The second kappa shape index (κ2) is 4.96. The Morgan fingerprint density at radius 1 is 1.42 bits per heavy atom. The summed E-state index contributed by atoms with van der Waals surface area (Å²) in [4.78, 5) is 9.16. The number of hydrogen-bond acceptors (Lipinski definition) is 4. The summed E-state index contributed by atoms with van der Waals surface area (Å²) in [6.45, 7) is 9.26. The van der Waals surface area contributed by atoms with Crippen LogP contribution in [0.15, 0.2) is 35.8 Å². The minimum atomic E-state index is 0.691. The standard InChI is InChI=1S/C15H19N3O/c1-3-9-17-13-7-6-12(19-4-2)11-14(13)18-10-5-8-16-15(17)18/h3,6-7,11H,1,4-5,8-10H2,2H3. The molecule has 3 rings (SSSR count). The quantitative estimate of drug-likeness (QED) is 0.776. The van der Waals surface area contributed by atoms with Crippen molar-refractivity contribution in [2.45, 2.75) is 13.3 Å². The summed E-state index contributed by atoms with van der Waals surface area (Å²) in [5.74, 6) is 1.97. The minimum absolute atomic E-state index is 0.691. The Balaban J connectivity index is 2.04. The number of benzene rings is 1. The van der Waals surface area contributed by atoms with Gasteiger partial charge in [-0.2, -0.15) is 0 Å². The van der Waals surface area contributed by atoms with Crippen LogP contribution >= 0.6 is 0 Å². The molecule has 0 N–H and O–H groups in total. The number of rotatable bonds is 4. The van der Waals surface area contributed by atoms with E-state index in [1.807, 2.05) is 19.1 Å². The predicted molar refractivity (Wildman–Crippen MR) is 79.4 cm³/mol. The second-order valence-electron chi connectivity index (χ2n) is 4.67. The molecule has 0 aliphatic carbocycles. The molecule has 2 aliphatic heterocycles. The normalized spacial score (nSPS) is 16.8. The maximum atomic E-state index is 5.60. The molecule has 1 aromatic rings. The Bertz CT molecular complexity index is 524. The summed E-state index contributed by atoms with van der Waals surface area (Å²) >= 11 is 0. The summed E-state index contributed by atoms with van der Waals surface area (Å²) < 4.78 is 5.60. The molecule has 0 bridgehead atoms. The molecule has 4 heteroatoms. The second-order valence-corrected chi connectivity index (χ2v) is 4.67. The van der Waals surface area contributed by atoms with Crippen LogP contribution in [0.2, 0.25) is 0 Å². The zero-order valence-corrected chi connectivity index (χ0v) is 11.3. The fourth-order valence-corrected chi connectivity index (χ4v) is 2.67. The molecule has 2 aliphatic rings. The van der Waals surface area contributed by atoms with E-state index in [0.29, 0.717) is 6.61 Å². The molecule has 0 atom stereocenters. The van der Waals surface area contributed by atoms with Crippen LogP contribution in [0, 0.1) is 0 Å². The average Bonchev–Trinajstić information content (AvgIpc) is 2.75. The van der Waals surface area contributed by atoms with Gasteiger partial charge in [0.25, 0.3) is 0 Å². The lowest BCUT2D eigenvalue weighted by Gasteiger charge is -2.26. The lowest BCUT2D eigenvalue weighted by molar-refractivity contribution is 0.340. The molecule has 0 saturated carbocycles. The number of nitrogens with zero attached hydrogens (tertiary/aromatic N) is 3. The van der Waals surface area contributed by atoms with Crippen molar-refractivity contribution in [2.24, 2.45) is 4.99 Å². The van der Waals surface area contributed by atoms with Crippen LogP contribution < -0.4 is 14.5 Å². The van der Waals surface area contributed by atoms with Crippen LogP contribution in [0.1, 0.15) is 13.3 Å². The van der Waals surface area contributed by atoms with Gasteiger partial charge in [0.2, 0.25) is 5.96 Å². The van der Waals surface area contributed by atoms with Crippen LogP contribution in [0.25, 0.3) is 0 Å². The van der Waals surface area contributed by atoms with Crippen molar-refractivity contribution >= 4 is 17.3 Å². The Morgan fingerprint density at radius 2 is 2.32 bits per heavy atom. The van der Waals surface area contributed by atoms with Gasteiger partial charge in [0.05, 0.1) is 18.0 Å². The van der Waals surface area contributed by atoms with Gasteiger partial charge in [-0.25, -0.2) is 0 Å². The van der Waals surface area contributed by atoms with Crippen LogP contribution in [0.3, 0.4) is 0 Å². The Morgan fingerprint density at radius 3 is 3.11 bits per heavy atom. The molecular formula is C15H19N3O. The van der Waals surface area contributed by atoms with Crippen molar-refractivity contribution in [1.82, 2.24) is 0 Å². The number of anilines is 2. The molecule has 0 amide bonds. The number of ether oxygens (including phenoxy) is 1. The minimum Gasteiger partial charge on any atom is -0.494 e. The monoisotopic (exact) mass is 257 g/mol. The third-order valence-corrected chi connectivity index (χ3v) is 3.43. The van der Waals surface area contributed by atoms with Crippen molar-refractivity contribution in [3.05, 3.63) is 30.9 Å². The average molecular weight is 257 g/mol. The first kappa shape index (κ1) is 12.1. The molecule has 0 aromatic heterocycles. The van der Waals surface area contributed by atoms with Gasteiger partial charge in [-0.1, -0.05) is 6.08 Å². The van der Waals surface area contributed by atoms with Crippen LogP contribution in [-0.4, -0.2) is 32.2 Å². The highest BCUT2D eigenvalue weighted by Crippen LogP contribution is 2.40. The van der Waals surface area contributed by atoms with Gasteiger partial charge in [-0.15, -0.1) is 6.58 Å². The molecule has 100 valence electrons. The highest BCUT2D eigenvalue weighted by Gasteiger charge is 2.33. The highest BCUT2D eigenvalue weighted by atomic mass is 16.5. The molecule has 1 aromatic carbocycles. The molecular weight excluding hydrogens is 238 g/mol. The number of hydrogen-bond donors (Lipinski definition) is 0. The van der Waals surface area contributed by atoms with Crippen molar-refractivity contribution in [3.8, 4) is 5.75 Å². The topological polar surface area (TPSA) is 28.1 Å². The van der Waals surface area contributed by atoms with E-state index in [2.05, 4.69) is 33.5 Å². The van der Waals surface area contributed by atoms with Gasteiger partial charge in [0.1, 0.15) is 5.75 Å². The van der Waals surface area contributed by atoms with Gasteiger partial charge in [0, 0.05) is 25.7 Å².